The van der Waals surface area contributed by atoms with Crippen LogP contribution in [0.2, 0.25) is 10.0 Å². The van der Waals surface area contributed by atoms with Crippen LogP contribution in [0.3, 0.4) is 0 Å². The number of aliphatic imine (C=N–C) groups is 1. The van der Waals surface area contributed by atoms with E-state index in [1.807, 2.05) is 6.07 Å². The van der Waals surface area contributed by atoms with E-state index in [1.54, 1.807) is 18.2 Å². The first-order valence-electron chi connectivity index (χ1n) is 13.8. The first-order chi connectivity index (χ1) is 20.0. The maximum absolute atomic E-state index is 12.9. The Hall–Kier alpha value is -3.51. The molecule has 3 heterocycles. The van der Waals surface area contributed by atoms with Crippen LogP contribution in [0.4, 0.5) is 11.4 Å². The van der Waals surface area contributed by atoms with Crippen molar-refractivity contribution in [1.82, 2.24) is 5.32 Å². The second-order valence-corrected chi connectivity index (χ2v) is 12.5. The van der Waals surface area contributed by atoms with E-state index in [2.05, 4.69) is 83.0 Å². The van der Waals surface area contributed by atoms with Crippen molar-refractivity contribution < 1.29 is 4.79 Å². The molecule has 1 amide bonds. The molecule has 4 aromatic rings. The zero-order chi connectivity index (χ0) is 27.9. The predicted octanol–water partition coefficient (Wildman–Crippen LogP) is 8.76. The molecule has 3 aliphatic rings. The molecule has 0 saturated carbocycles. The molecule has 0 radical (unpaired) electrons. The molecule has 1 saturated heterocycles. The van der Waals surface area contributed by atoms with Crippen molar-refractivity contribution in [1.29, 1.82) is 0 Å². The van der Waals surface area contributed by atoms with Crippen LogP contribution < -0.4 is 10.2 Å². The summed E-state index contributed by atoms with van der Waals surface area (Å²) in [5, 5.41) is 4.58. The lowest BCUT2D eigenvalue weighted by Gasteiger charge is -2.43. The van der Waals surface area contributed by atoms with Crippen LogP contribution in [-0.2, 0) is 4.79 Å². The number of halogens is 2. The van der Waals surface area contributed by atoms with Gasteiger partial charge in [-0.1, -0.05) is 89.9 Å². The van der Waals surface area contributed by atoms with E-state index in [9.17, 15) is 4.79 Å². The lowest BCUT2D eigenvalue weighted by molar-refractivity contribution is -0.115. The minimum absolute atomic E-state index is 0.186. The average Bonchev–Trinajstić information content (AvgIpc) is 3.33. The van der Waals surface area contributed by atoms with Gasteiger partial charge < -0.3 is 10.2 Å². The van der Waals surface area contributed by atoms with Gasteiger partial charge in [-0.15, -0.1) is 0 Å². The Labute approximate surface area is 254 Å². The summed E-state index contributed by atoms with van der Waals surface area (Å²) in [6.07, 6.45) is 3.91. The molecule has 0 aliphatic carbocycles. The van der Waals surface area contributed by atoms with Gasteiger partial charge in [-0.25, -0.2) is 4.99 Å². The van der Waals surface area contributed by atoms with Crippen LogP contribution in [0.25, 0.3) is 6.08 Å². The van der Waals surface area contributed by atoms with E-state index in [0.29, 0.717) is 32.0 Å². The highest BCUT2D eigenvalue weighted by Crippen LogP contribution is 2.50. The summed E-state index contributed by atoms with van der Waals surface area (Å²) in [5.74, 6) is 0.406. The quantitative estimate of drug-likeness (QED) is 0.240. The molecule has 4 nitrogen and oxygen atoms in total. The number of amidine groups is 1. The van der Waals surface area contributed by atoms with Crippen molar-refractivity contribution in [3.63, 3.8) is 0 Å². The number of benzene rings is 4. The SMILES string of the molecule is O=C1NC(=Nc2cc3c4c(c2)[C@@H](c2ccccc2)CCN4CC[C@@H]3c2ccccc2)S/C1=C\c1ccc(Cl)cc1Cl. The number of anilines is 1. The Bertz CT molecular complexity index is 1630. The highest BCUT2D eigenvalue weighted by molar-refractivity contribution is 8.18. The number of nitrogens with zero attached hydrogens (tertiary/aromatic N) is 2. The molecular weight excluding hydrogens is 569 g/mol. The molecule has 1 fully saturated rings. The number of nitrogens with one attached hydrogen (secondary N) is 1. The van der Waals surface area contributed by atoms with E-state index in [-0.39, 0.29) is 5.91 Å². The molecule has 4 aromatic carbocycles. The molecule has 7 rings (SSSR count). The number of carbonyl (C=O) groups excluding carboxylic acids is 1. The fourth-order valence-electron chi connectivity index (χ4n) is 6.26. The zero-order valence-corrected chi connectivity index (χ0v) is 24.5. The summed E-state index contributed by atoms with van der Waals surface area (Å²) in [6, 6.07) is 31.3. The molecular formula is C34H27Cl2N3OS. The number of amides is 1. The third-order valence-electron chi connectivity index (χ3n) is 8.13. The van der Waals surface area contributed by atoms with E-state index in [1.165, 1.54) is 39.7 Å². The summed E-state index contributed by atoms with van der Waals surface area (Å²) in [4.78, 5) is 21.0. The molecule has 7 heteroatoms. The van der Waals surface area contributed by atoms with Crippen molar-refractivity contribution >= 4 is 63.5 Å². The first-order valence-corrected chi connectivity index (χ1v) is 15.4. The van der Waals surface area contributed by atoms with E-state index >= 15 is 0 Å². The van der Waals surface area contributed by atoms with Crippen molar-refractivity contribution in [3.8, 4) is 0 Å². The Balaban J connectivity index is 1.31. The van der Waals surface area contributed by atoms with Crippen LogP contribution in [-0.4, -0.2) is 24.2 Å². The third kappa shape index (κ3) is 5.19. The molecule has 3 aliphatic heterocycles. The van der Waals surface area contributed by atoms with Gasteiger partial charge in [0.2, 0.25) is 0 Å². The number of rotatable bonds is 4. The largest absolute Gasteiger partial charge is 0.371 e. The number of hydrogen-bond donors (Lipinski definition) is 1. The minimum Gasteiger partial charge on any atom is -0.371 e. The highest BCUT2D eigenvalue weighted by atomic mass is 35.5. The number of carbonyl (C=O) groups is 1. The maximum Gasteiger partial charge on any atom is 0.264 e. The van der Waals surface area contributed by atoms with E-state index < -0.39 is 0 Å². The van der Waals surface area contributed by atoms with Crippen LogP contribution >= 0.6 is 35.0 Å². The van der Waals surface area contributed by atoms with Crippen LogP contribution in [0, 0.1) is 0 Å². The smallest absolute Gasteiger partial charge is 0.264 e. The monoisotopic (exact) mass is 595 g/mol. The Kier molecular flexibility index (Phi) is 7.11. The highest BCUT2D eigenvalue weighted by Gasteiger charge is 2.35. The summed E-state index contributed by atoms with van der Waals surface area (Å²) in [5.41, 5.74) is 8.25. The summed E-state index contributed by atoms with van der Waals surface area (Å²) in [7, 11) is 0. The maximum atomic E-state index is 12.9. The van der Waals surface area contributed by atoms with E-state index in [4.69, 9.17) is 28.2 Å². The molecule has 0 bridgehead atoms. The third-order valence-corrected chi connectivity index (χ3v) is 9.60. The Morgan fingerprint density at radius 2 is 1.44 bits per heavy atom. The standard InChI is InChI=1S/C34H27Cl2N3OS/c35-24-12-11-23(30(36)18-24)17-31-33(40)38-34(41-31)37-25-19-28-26(21-7-3-1-4-8-21)13-15-39-16-14-27(29(20-25)32(28)39)22-9-5-2-6-10-22/h1-12,17-20,26-27H,13-16H2,(H,37,38,40)/b31-17-/t26-,27-/m1/s1. The van der Waals surface area contributed by atoms with E-state index in [0.717, 1.165) is 37.2 Å². The lowest BCUT2D eigenvalue weighted by atomic mass is 9.76. The summed E-state index contributed by atoms with van der Waals surface area (Å²) in [6.45, 7) is 2.09. The van der Waals surface area contributed by atoms with Gasteiger partial charge in [0, 0.05) is 40.7 Å². The van der Waals surface area contributed by atoms with Gasteiger partial charge in [-0.05, 0) is 82.8 Å². The van der Waals surface area contributed by atoms with Gasteiger partial charge in [-0.2, -0.15) is 0 Å². The van der Waals surface area contributed by atoms with Crippen LogP contribution in [0.1, 0.15) is 52.5 Å². The molecule has 41 heavy (non-hydrogen) atoms. The van der Waals surface area contributed by atoms with Crippen molar-refractivity contribution in [2.45, 2.75) is 24.7 Å². The molecule has 2 atom stereocenters. The summed E-state index contributed by atoms with van der Waals surface area (Å²) >= 11 is 13.7. The van der Waals surface area contributed by atoms with Gasteiger partial charge in [0.05, 0.1) is 10.6 Å². The van der Waals surface area contributed by atoms with Gasteiger partial charge in [0.25, 0.3) is 5.91 Å². The zero-order valence-electron chi connectivity index (χ0n) is 22.2. The summed E-state index contributed by atoms with van der Waals surface area (Å²) < 4.78 is 0. The fraction of sp³-hybridized carbons (Fsp3) is 0.176. The van der Waals surface area contributed by atoms with Crippen molar-refractivity contribution in [3.05, 3.63) is 134 Å². The predicted molar refractivity (Wildman–Crippen MR) is 172 cm³/mol. The van der Waals surface area contributed by atoms with Gasteiger partial charge >= 0.3 is 0 Å². The second-order valence-electron chi connectivity index (χ2n) is 10.6. The lowest BCUT2D eigenvalue weighted by Crippen LogP contribution is -2.37. The molecule has 204 valence electrons. The first kappa shape index (κ1) is 26.4. The average molecular weight is 597 g/mol. The van der Waals surface area contributed by atoms with Gasteiger partial charge in [0.1, 0.15) is 0 Å². The Morgan fingerprint density at radius 3 is 2.02 bits per heavy atom. The van der Waals surface area contributed by atoms with Crippen LogP contribution in [0.15, 0.2) is 101 Å². The minimum atomic E-state index is -0.186. The normalized spacial score (nSPS) is 21.7. The molecule has 1 N–H and O–H groups in total. The molecule has 0 spiro atoms. The van der Waals surface area contributed by atoms with Crippen LogP contribution in [0.5, 0.6) is 0 Å². The van der Waals surface area contributed by atoms with Crippen molar-refractivity contribution in [2.75, 3.05) is 18.0 Å². The molecule has 0 unspecified atom stereocenters. The number of thioether (sulfide) groups is 1. The fourth-order valence-corrected chi connectivity index (χ4v) is 7.56. The Morgan fingerprint density at radius 1 is 0.829 bits per heavy atom. The molecule has 0 aromatic heterocycles. The van der Waals surface area contributed by atoms with Crippen molar-refractivity contribution in [2.24, 2.45) is 4.99 Å². The number of hydrogen-bond acceptors (Lipinski definition) is 4. The second kappa shape index (κ2) is 11.1. The van der Waals surface area contributed by atoms with Gasteiger partial charge in [-0.3, -0.25) is 4.79 Å². The van der Waals surface area contributed by atoms with Gasteiger partial charge in [0.15, 0.2) is 5.17 Å². The topological polar surface area (TPSA) is 44.7 Å².